The summed E-state index contributed by atoms with van der Waals surface area (Å²) in [5, 5.41) is 5.23. The van der Waals surface area contributed by atoms with Gasteiger partial charge in [-0.2, -0.15) is 0 Å². The van der Waals surface area contributed by atoms with Crippen molar-refractivity contribution in [1.29, 1.82) is 0 Å². The standard InChI is InChI=1S/C16H17N3O3/c1-11-6-7-12(9-18-11)16(21)19-13-4-3-5-14(8-13)22-10-15(20)17-2/h3-9H,10H2,1-2H3,(H,17,20)(H,19,21). The fraction of sp³-hybridized carbons (Fsp3) is 0.188. The molecular weight excluding hydrogens is 282 g/mol. The van der Waals surface area contributed by atoms with Crippen LogP contribution < -0.4 is 15.4 Å². The molecule has 114 valence electrons. The Bertz CT molecular complexity index is 669. The third-order valence-corrected chi connectivity index (χ3v) is 2.91. The van der Waals surface area contributed by atoms with Gasteiger partial charge >= 0.3 is 0 Å². The Hall–Kier alpha value is -2.89. The van der Waals surface area contributed by atoms with E-state index in [-0.39, 0.29) is 18.4 Å². The molecule has 0 bridgehead atoms. The van der Waals surface area contributed by atoms with Gasteiger partial charge in [-0.1, -0.05) is 6.07 Å². The van der Waals surface area contributed by atoms with Crippen LogP contribution in [-0.4, -0.2) is 30.5 Å². The maximum Gasteiger partial charge on any atom is 0.257 e. The number of hydrogen-bond donors (Lipinski definition) is 2. The van der Waals surface area contributed by atoms with Gasteiger partial charge in [0, 0.05) is 30.7 Å². The SMILES string of the molecule is CNC(=O)COc1cccc(NC(=O)c2ccc(C)nc2)c1. The molecule has 2 rings (SSSR count). The third kappa shape index (κ3) is 4.31. The zero-order valence-electron chi connectivity index (χ0n) is 12.4. The number of rotatable bonds is 5. The van der Waals surface area contributed by atoms with Gasteiger partial charge in [0.1, 0.15) is 5.75 Å². The fourth-order valence-corrected chi connectivity index (χ4v) is 1.69. The summed E-state index contributed by atoms with van der Waals surface area (Å²) in [5.74, 6) is 0.0274. The summed E-state index contributed by atoms with van der Waals surface area (Å²) in [6, 6.07) is 10.3. The summed E-state index contributed by atoms with van der Waals surface area (Å²) in [6.07, 6.45) is 1.52. The molecule has 0 radical (unpaired) electrons. The maximum absolute atomic E-state index is 12.1. The molecule has 2 amide bonds. The van der Waals surface area contributed by atoms with Crippen molar-refractivity contribution in [2.75, 3.05) is 19.0 Å². The number of carbonyl (C=O) groups excluding carboxylic acids is 2. The Morgan fingerprint density at radius 2 is 2.05 bits per heavy atom. The number of nitrogens with zero attached hydrogens (tertiary/aromatic N) is 1. The van der Waals surface area contributed by atoms with Gasteiger partial charge in [-0.05, 0) is 31.2 Å². The molecule has 0 spiro atoms. The second kappa shape index (κ2) is 7.21. The number of benzene rings is 1. The molecule has 1 aromatic carbocycles. The van der Waals surface area contributed by atoms with Crippen LogP contribution in [0.2, 0.25) is 0 Å². The van der Waals surface area contributed by atoms with E-state index in [1.807, 2.05) is 6.92 Å². The molecule has 0 saturated carbocycles. The van der Waals surface area contributed by atoms with E-state index in [0.717, 1.165) is 5.69 Å². The lowest BCUT2D eigenvalue weighted by atomic mass is 10.2. The number of anilines is 1. The van der Waals surface area contributed by atoms with Crippen LogP contribution in [-0.2, 0) is 4.79 Å². The molecule has 22 heavy (non-hydrogen) atoms. The molecule has 0 saturated heterocycles. The van der Waals surface area contributed by atoms with Crippen molar-refractivity contribution in [3.05, 3.63) is 53.9 Å². The molecular formula is C16H17N3O3. The number of carbonyl (C=O) groups is 2. The first-order chi connectivity index (χ1) is 10.6. The average Bonchev–Trinajstić information content (AvgIpc) is 2.53. The highest BCUT2D eigenvalue weighted by molar-refractivity contribution is 6.04. The van der Waals surface area contributed by atoms with Crippen LogP contribution in [0.5, 0.6) is 5.75 Å². The number of likely N-dealkylation sites (N-methyl/N-ethyl adjacent to an activating group) is 1. The monoisotopic (exact) mass is 299 g/mol. The summed E-state index contributed by atoms with van der Waals surface area (Å²) in [7, 11) is 1.54. The first-order valence-corrected chi connectivity index (χ1v) is 6.76. The van der Waals surface area contributed by atoms with Gasteiger partial charge in [-0.15, -0.1) is 0 Å². The lowest BCUT2D eigenvalue weighted by Crippen LogP contribution is -2.24. The highest BCUT2D eigenvalue weighted by atomic mass is 16.5. The first-order valence-electron chi connectivity index (χ1n) is 6.76. The van der Waals surface area contributed by atoms with E-state index in [2.05, 4.69) is 15.6 Å². The van der Waals surface area contributed by atoms with Crippen LogP contribution in [0.1, 0.15) is 16.1 Å². The van der Waals surface area contributed by atoms with Crippen LogP contribution in [0.4, 0.5) is 5.69 Å². The molecule has 0 aliphatic carbocycles. The van der Waals surface area contributed by atoms with Crippen molar-refractivity contribution in [3.63, 3.8) is 0 Å². The Morgan fingerprint density at radius 1 is 1.23 bits per heavy atom. The van der Waals surface area contributed by atoms with E-state index in [9.17, 15) is 9.59 Å². The zero-order valence-corrected chi connectivity index (χ0v) is 12.4. The Kier molecular flexibility index (Phi) is 5.08. The predicted molar refractivity (Wildman–Crippen MR) is 82.9 cm³/mol. The van der Waals surface area contributed by atoms with Crippen molar-refractivity contribution in [3.8, 4) is 5.75 Å². The van der Waals surface area contributed by atoms with Crippen molar-refractivity contribution >= 4 is 17.5 Å². The van der Waals surface area contributed by atoms with Gasteiger partial charge < -0.3 is 15.4 Å². The van der Waals surface area contributed by atoms with Gasteiger partial charge in [-0.3, -0.25) is 14.6 Å². The number of nitrogens with one attached hydrogen (secondary N) is 2. The lowest BCUT2D eigenvalue weighted by molar-refractivity contribution is -0.122. The number of aryl methyl sites for hydroxylation is 1. The quantitative estimate of drug-likeness (QED) is 0.881. The summed E-state index contributed by atoms with van der Waals surface area (Å²) < 4.78 is 5.33. The normalized spacial score (nSPS) is 9.91. The van der Waals surface area contributed by atoms with Gasteiger partial charge in [-0.25, -0.2) is 0 Å². The summed E-state index contributed by atoms with van der Waals surface area (Å²) in [6.45, 7) is 1.78. The molecule has 2 N–H and O–H groups in total. The summed E-state index contributed by atoms with van der Waals surface area (Å²) >= 11 is 0. The molecule has 0 aliphatic rings. The number of aromatic nitrogens is 1. The average molecular weight is 299 g/mol. The molecule has 2 aromatic rings. The highest BCUT2D eigenvalue weighted by Gasteiger charge is 2.07. The van der Waals surface area contributed by atoms with E-state index in [4.69, 9.17) is 4.74 Å². The van der Waals surface area contributed by atoms with E-state index >= 15 is 0 Å². The largest absolute Gasteiger partial charge is 0.484 e. The van der Waals surface area contributed by atoms with Crippen molar-refractivity contribution in [2.45, 2.75) is 6.92 Å². The number of ether oxygens (including phenoxy) is 1. The smallest absolute Gasteiger partial charge is 0.257 e. The van der Waals surface area contributed by atoms with Crippen molar-refractivity contribution in [1.82, 2.24) is 10.3 Å². The zero-order chi connectivity index (χ0) is 15.9. The number of hydrogen-bond acceptors (Lipinski definition) is 4. The third-order valence-electron chi connectivity index (χ3n) is 2.91. The predicted octanol–water partition coefficient (Wildman–Crippen LogP) is 1.77. The van der Waals surface area contributed by atoms with Crippen LogP contribution >= 0.6 is 0 Å². The van der Waals surface area contributed by atoms with E-state index in [1.165, 1.54) is 13.2 Å². The van der Waals surface area contributed by atoms with E-state index in [0.29, 0.717) is 17.0 Å². The minimum absolute atomic E-state index is 0.0736. The van der Waals surface area contributed by atoms with Crippen LogP contribution in [0.3, 0.4) is 0 Å². The Morgan fingerprint density at radius 3 is 2.73 bits per heavy atom. The van der Waals surface area contributed by atoms with Crippen molar-refractivity contribution in [2.24, 2.45) is 0 Å². The number of amides is 2. The molecule has 1 aromatic heterocycles. The molecule has 6 heteroatoms. The van der Waals surface area contributed by atoms with Crippen LogP contribution in [0.25, 0.3) is 0 Å². The second-order valence-corrected chi connectivity index (χ2v) is 4.63. The molecule has 0 unspecified atom stereocenters. The lowest BCUT2D eigenvalue weighted by Gasteiger charge is -2.09. The Labute approximate surface area is 128 Å². The van der Waals surface area contributed by atoms with Crippen molar-refractivity contribution < 1.29 is 14.3 Å². The van der Waals surface area contributed by atoms with Gasteiger partial charge in [0.2, 0.25) is 0 Å². The fourth-order valence-electron chi connectivity index (χ4n) is 1.69. The van der Waals surface area contributed by atoms with E-state index in [1.54, 1.807) is 36.4 Å². The maximum atomic E-state index is 12.1. The van der Waals surface area contributed by atoms with Gasteiger partial charge in [0.05, 0.1) is 5.56 Å². The molecule has 0 fully saturated rings. The second-order valence-electron chi connectivity index (χ2n) is 4.63. The van der Waals surface area contributed by atoms with E-state index < -0.39 is 0 Å². The summed E-state index contributed by atoms with van der Waals surface area (Å²) in [4.78, 5) is 27.3. The minimum atomic E-state index is -0.254. The Balaban J connectivity index is 2.02. The van der Waals surface area contributed by atoms with Crippen LogP contribution in [0, 0.1) is 6.92 Å². The molecule has 0 atom stereocenters. The molecule has 6 nitrogen and oxygen atoms in total. The topological polar surface area (TPSA) is 80.3 Å². The first kappa shape index (κ1) is 15.5. The molecule has 0 aliphatic heterocycles. The van der Waals surface area contributed by atoms with Gasteiger partial charge in [0.25, 0.3) is 11.8 Å². The highest BCUT2D eigenvalue weighted by Crippen LogP contribution is 2.18. The minimum Gasteiger partial charge on any atom is -0.484 e. The summed E-state index contributed by atoms with van der Waals surface area (Å²) in [5.41, 5.74) is 1.91. The van der Waals surface area contributed by atoms with Crippen LogP contribution in [0.15, 0.2) is 42.6 Å². The van der Waals surface area contributed by atoms with Gasteiger partial charge in [0.15, 0.2) is 6.61 Å². The number of pyridine rings is 1. The molecule has 1 heterocycles.